The Hall–Kier alpha value is 1.51. The molecule has 0 radical (unpaired) electrons. The van der Waals surface area contributed by atoms with Gasteiger partial charge in [0.2, 0.25) is 0 Å². The van der Waals surface area contributed by atoms with Crippen molar-refractivity contribution in [2.75, 3.05) is 0 Å². The van der Waals surface area contributed by atoms with Crippen molar-refractivity contribution in [3.8, 4) is 0 Å². The van der Waals surface area contributed by atoms with Crippen LogP contribution in [0.2, 0.25) is 0 Å². The molecule has 0 aromatic heterocycles. The van der Waals surface area contributed by atoms with Crippen LogP contribution in [0.3, 0.4) is 0 Å². The van der Waals surface area contributed by atoms with Crippen LogP contribution in [0, 0.1) is 0 Å². The van der Waals surface area contributed by atoms with E-state index < -0.39 is 15.4 Å². The van der Waals surface area contributed by atoms with Gasteiger partial charge >= 0.3 is 51.4 Å². The second-order valence-electron chi connectivity index (χ2n) is 8.52. The van der Waals surface area contributed by atoms with Gasteiger partial charge in [0, 0.05) is 5.25 Å². The Labute approximate surface area is 224 Å². The first-order chi connectivity index (χ1) is 13.4. The first kappa shape index (κ1) is 32.7. The van der Waals surface area contributed by atoms with E-state index in [-0.39, 0.29) is 57.5 Å². The van der Waals surface area contributed by atoms with Crippen molar-refractivity contribution >= 4 is 10.1 Å². The van der Waals surface area contributed by atoms with Gasteiger partial charge < -0.3 is 9.66 Å². The van der Waals surface area contributed by atoms with Crippen LogP contribution >= 0.6 is 0 Å². The van der Waals surface area contributed by atoms with Crippen LogP contribution in [0.25, 0.3) is 0 Å². The molecule has 0 aliphatic heterocycles. The topological polar surface area (TPSA) is 77.4 Å². The van der Waals surface area contributed by atoms with E-state index in [2.05, 4.69) is 13.8 Å². The Morgan fingerprint density at radius 3 is 1.45 bits per heavy atom. The van der Waals surface area contributed by atoms with Crippen LogP contribution < -0.4 is 51.4 Å². The molecule has 2 unspecified atom stereocenters. The molecule has 6 heteroatoms. The first-order valence-corrected chi connectivity index (χ1v) is 13.5. The molecule has 4 nitrogen and oxygen atoms in total. The van der Waals surface area contributed by atoms with Gasteiger partial charge in [-0.15, -0.1) is 0 Å². The van der Waals surface area contributed by atoms with Crippen molar-refractivity contribution in [1.29, 1.82) is 0 Å². The van der Waals surface area contributed by atoms with E-state index in [4.69, 9.17) is 0 Å². The minimum Gasteiger partial charge on any atom is -0.748 e. The fourth-order valence-electron chi connectivity index (χ4n) is 3.82. The predicted octanol–water partition coefficient (Wildman–Crippen LogP) is 3.72. The zero-order chi connectivity index (χ0) is 21.1. The summed E-state index contributed by atoms with van der Waals surface area (Å²) in [6.45, 7) is 4.37. The van der Waals surface area contributed by atoms with E-state index in [0.717, 1.165) is 44.9 Å². The molecule has 0 heterocycles. The molecule has 29 heavy (non-hydrogen) atoms. The summed E-state index contributed by atoms with van der Waals surface area (Å²) >= 11 is 0. The Morgan fingerprint density at radius 1 is 0.621 bits per heavy atom. The van der Waals surface area contributed by atoms with Crippen molar-refractivity contribution in [1.82, 2.24) is 0 Å². The average molecular weight is 459 g/mol. The minimum absolute atomic E-state index is 0. The molecule has 0 aliphatic carbocycles. The number of aliphatic hydroxyl groups is 1. The summed E-state index contributed by atoms with van der Waals surface area (Å²) in [6, 6.07) is 0. The molecule has 0 rings (SSSR count). The summed E-state index contributed by atoms with van der Waals surface area (Å²) in [4.78, 5) is 0. The first-order valence-electron chi connectivity index (χ1n) is 12.0. The molecular formula is C23H47KO4S. The molecular weight excluding hydrogens is 411 g/mol. The SMILES string of the molecule is CCCCCCCCCCCCCC(CCCC(O)CCCCC)S(=O)(=O)[O-].[K+]. The van der Waals surface area contributed by atoms with E-state index in [0.29, 0.717) is 25.7 Å². The molecule has 0 aliphatic rings. The standard InChI is InChI=1S/C23H48O4S.K/c1-3-5-7-8-9-10-11-12-13-14-16-20-23(28(25,26)27)21-17-19-22(24)18-15-6-4-2;/h22-24H,3-21H2,1-2H3,(H,25,26,27);/q;+1/p-1. The molecule has 0 saturated carbocycles. The van der Waals surface area contributed by atoms with Crippen molar-refractivity contribution < 1.29 is 69.5 Å². The van der Waals surface area contributed by atoms with E-state index in [1.54, 1.807) is 0 Å². The quantitative estimate of drug-likeness (QED) is 0.162. The van der Waals surface area contributed by atoms with Crippen LogP contribution in [0.15, 0.2) is 0 Å². The van der Waals surface area contributed by atoms with Crippen molar-refractivity contribution in [2.45, 2.75) is 147 Å². The van der Waals surface area contributed by atoms with Gasteiger partial charge in [-0.1, -0.05) is 104 Å². The zero-order valence-corrected chi connectivity index (χ0v) is 23.6. The van der Waals surface area contributed by atoms with Gasteiger partial charge in [-0.2, -0.15) is 0 Å². The molecule has 0 fully saturated rings. The monoisotopic (exact) mass is 458 g/mol. The van der Waals surface area contributed by atoms with Gasteiger partial charge in [-0.3, -0.25) is 0 Å². The summed E-state index contributed by atoms with van der Waals surface area (Å²) in [5, 5.41) is 9.17. The van der Waals surface area contributed by atoms with Gasteiger partial charge in [-0.05, 0) is 32.1 Å². The maximum atomic E-state index is 11.5. The Bertz CT molecular complexity index is 429. The molecule has 0 saturated heterocycles. The smallest absolute Gasteiger partial charge is 0.748 e. The maximum absolute atomic E-state index is 11.5. The Morgan fingerprint density at radius 2 is 0.966 bits per heavy atom. The largest absolute Gasteiger partial charge is 1.00 e. The van der Waals surface area contributed by atoms with E-state index in [9.17, 15) is 18.1 Å². The van der Waals surface area contributed by atoms with Crippen LogP contribution in [0.4, 0.5) is 0 Å². The summed E-state index contributed by atoms with van der Waals surface area (Å²) < 4.78 is 34.5. The van der Waals surface area contributed by atoms with Gasteiger partial charge in [-0.25, -0.2) is 8.42 Å². The molecule has 0 bridgehead atoms. The fourth-order valence-corrected chi connectivity index (χ4v) is 4.74. The molecule has 0 amide bonds. The molecule has 0 aromatic carbocycles. The number of rotatable bonds is 21. The van der Waals surface area contributed by atoms with Crippen LogP contribution in [-0.2, 0) is 10.1 Å². The van der Waals surface area contributed by atoms with Crippen LogP contribution in [0.1, 0.15) is 136 Å². The van der Waals surface area contributed by atoms with Gasteiger partial charge in [0.15, 0.2) is 0 Å². The third-order valence-electron chi connectivity index (χ3n) is 5.74. The molecule has 1 N–H and O–H groups in total. The van der Waals surface area contributed by atoms with E-state index in [1.807, 2.05) is 0 Å². The Balaban J connectivity index is 0. The second kappa shape index (κ2) is 22.7. The third-order valence-corrected chi connectivity index (χ3v) is 7.03. The number of hydrogen-bond acceptors (Lipinski definition) is 4. The Kier molecular flexibility index (Phi) is 25.6. The summed E-state index contributed by atoms with van der Waals surface area (Å²) in [6.07, 6.45) is 19.2. The van der Waals surface area contributed by atoms with Crippen molar-refractivity contribution in [3.63, 3.8) is 0 Å². The van der Waals surface area contributed by atoms with E-state index in [1.165, 1.54) is 51.4 Å². The van der Waals surface area contributed by atoms with Crippen LogP contribution in [0.5, 0.6) is 0 Å². The normalized spacial score (nSPS) is 13.8. The third kappa shape index (κ3) is 22.5. The number of aliphatic hydroxyl groups excluding tert-OH is 1. The van der Waals surface area contributed by atoms with Gasteiger partial charge in [0.05, 0.1) is 16.2 Å². The second-order valence-corrected chi connectivity index (χ2v) is 10.2. The van der Waals surface area contributed by atoms with Crippen molar-refractivity contribution in [3.05, 3.63) is 0 Å². The van der Waals surface area contributed by atoms with E-state index >= 15 is 0 Å². The summed E-state index contributed by atoms with van der Waals surface area (Å²) in [5.74, 6) is 0. The molecule has 2 atom stereocenters. The summed E-state index contributed by atoms with van der Waals surface area (Å²) in [7, 11) is -4.23. The summed E-state index contributed by atoms with van der Waals surface area (Å²) in [5.41, 5.74) is 0. The fraction of sp³-hybridized carbons (Fsp3) is 1.00. The molecule has 0 spiro atoms. The number of hydrogen-bond donors (Lipinski definition) is 1. The van der Waals surface area contributed by atoms with Crippen molar-refractivity contribution in [2.24, 2.45) is 0 Å². The predicted molar refractivity (Wildman–Crippen MR) is 119 cm³/mol. The average Bonchev–Trinajstić information content (AvgIpc) is 2.64. The maximum Gasteiger partial charge on any atom is 1.00 e. The molecule has 170 valence electrons. The number of unbranched alkanes of at least 4 members (excludes halogenated alkanes) is 12. The molecule has 0 aromatic rings. The minimum atomic E-state index is -4.23. The zero-order valence-electron chi connectivity index (χ0n) is 19.7. The van der Waals surface area contributed by atoms with Crippen LogP contribution in [-0.4, -0.2) is 29.4 Å². The van der Waals surface area contributed by atoms with Gasteiger partial charge in [0.25, 0.3) is 0 Å². The van der Waals surface area contributed by atoms with Gasteiger partial charge in [0.1, 0.15) is 0 Å².